The zero-order valence-electron chi connectivity index (χ0n) is 11.0. The van der Waals surface area contributed by atoms with E-state index in [1.165, 1.54) is 25.3 Å². The Hall–Kier alpha value is -0.600. The van der Waals surface area contributed by atoms with Crippen molar-refractivity contribution in [1.29, 1.82) is 0 Å². The van der Waals surface area contributed by atoms with Crippen molar-refractivity contribution in [3.63, 3.8) is 0 Å². The molecule has 2 unspecified atom stereocenters. The predicted octanol–water partition coefficient (Wildman–Crippen LogP) is 4.39. The van der Waals surface area contributed by atoms with E-state index in [1.54, 1.807) is 12.1 Å². The molecular formula is C15H21ClFN. The van der Waals surface area contributed by atoms with Gasteiger partial charge in [0, 0.05) is 12.6 Å². The minimum Gasteiger partial charge on any atom is -0.309 e. The van der Waals surface area contributed by atoms with Crippen LogP contribution in [-0.4, -0.2) is 6.04 Å². The first kappa shape index (κ1) is 13.8. The minimum absolute atomic E-state index is 0.207. The zero-order chi connectivity index (χ0) is 13.1. The summed E-state index contributed by atoms with van der Waals surface area (Å²) in [5, 5.41) is 3.81. The molecular weight excluding hydrogens is 249 g/mol. The molecule has 0 saturated heterocycles. The van der Waals surface area contributed by atoms with Crippen molar-refractivity contribution in [1.82, 2.24) is 5.32 Å². The van der Waals surface area contributed by atoms with Crippen molar-refractivity contribution in [2.45, 2.75) is 45.7 Å². The molecule has 0 bridgehead atoms. The summed E-state index contributed by atoms with van der Waals surface area (Å²) in [4.78, 5) is 0. The molecule has 1 aliphatic rings. The molecule has 100 valence electrons. The SMILES string of the molecule is CC1CCCC(C)C1NCc1ccc(F)c(Cl)c1. The summed E-state index contributed by atoms with van der Waals surface area (Å²) < 4.78 is 13.1. The Labute approximate surface area is 114 Å². The largest absolute Gasteiger partial charge is 0.309 e. The molecule has 18 heavy (non-hydrogen) atoms. The van der Waals surface area contributed by atoms with E-state index in [0.29, 0.717) is 17.9 Å². The van der Waals surface area contributed by atoms with E-state index in [9.17, 15) is 4.39 Å². The van der Waals surface area contributed by atoms with Gasteiger partial charge in [-0.05, 0) is 42.4 Å². The third kappa shape index (κ3) is 3.24. The summed E-state index contributed by atoms with van der Waals surface area (Å²) >= 11 is 5.79. The van der Waals surface area contributed by atoms with E-state index >= 15 is 0 Å². The molecule has 1 aliphatic carbocycles. The second-order valence-corrected chi connectivity index (χ2v) is 5.95. The summed E-state index contributed by atoms with van der Waals surface area (Å²) in [5.41, 5.74) is 1.05. The lowest BCUT2D eigenvalue weighted by molar-refractivity contribution is 0.207. The molecule has 1 aromatic rings. The maximum absolute atomic E-state index is 13.1. The van der Waals surface area contributed by atoms with Crippen molar-refractivity contribution >= 4 is 11.6 Å². The Morgan fingerprint density at radius 1 is 1.28 bits per heavy atom. The minimum atomic E-state index is -0.347. The first-order chi connectivity index (χ1) is 8.58. The van der Waals surface area contributed by atoms with E-state index in [2.05, 4.69) is 19.2 Å². The number of benzene rings is 1. The lowest BCUT2D eigenvalue weighted by atomic mass is 9.78. The highest BCUT2D eigenvalue weighted by atomic mass is 35.5. The Morgan fingerprint density at radius 2 is 1.94 bits per heavy atom. The fraction of sp³-hybridized carbons (Fsp3) is 0.600. The molecule has 1 aromatic carbocycles. The number of hydrogen-bond donors (Lipinski definition) is 1. The van der Waals surface area contributed by atoms with Crippen LogP contribution in [0.1, 0.15) is 38.7 Å². The van der Waals surface area contributed by atoms with E-state index in [-0.39, 0.29) is 10.8 Å². The fourth-order valence-corrected chi connectivity index (χ4v) is 3.17. The first-order valence-corrected chi connectivity index (χ1v) is 7.13. The summed E-state index contributed by atoms with van der Waals surface area (Å²) in [6, 6.07) is 5.50. The number of hydrogen-bond acceptors (Lipinski definition) is 1. The van der Waals surface area contributed by atoms with E-state index < -0.39 is 0 Å². The molecule has 2 atom stereocenters. The molecule has 0 heterocycles. The van der Waals surface area contributed by atoms with Gasteiger partial charge in [0.2, 0.25) is 0 Å². The Morgan fingerprint density at radius 3 is 2.56 bits per heavy atom. The van der Waals surface area contributed by atoms with Gasteiger partial charge in [0.1, 0.15) is 5.82 Å². The third-order valence-electron chi connectivity index (χ3n) is 4.07. The molecule has 1 fully saturated rings. The second kappa shape index (κ2) is 6.03. The van der Waals surface area contributed by atoms with Crippen molar-refractivity contribution in [2.75, 3.05) is 0 Å². The van der Waals surface area contributed by atoms with Crippen molar-refractivity contribution in [3.8, 4) is 0 Å². The quantitative estimate of drug-likeness (QED) is 0.858. The third-order valence-corrected chi connectivity index (χ3v) is 4.36. The van der Waals surface area contributed by atoms with Crippen LogP contribution in [0.25, 0.3) is 0 Å². The van der Waals surface area contributed by atoms with Crippen molar-refractivity contribution in [3.05, 3.63) is 34.6 Å². The van der Waals surface area contributed by atoms with Crippen LogP contribution in [0.5, 0.6) is 0 Å². The van der Waals surface area contributed by atoms with Gasteiger partial charge in [-0.25, -0.2) is 4.39 Å². The summed E-state index contributed by atoms with van der Waals surface area (Å²) in [6.07, 6.45) is 3.93. The topological polar surface area (TPSA) is 12.0 Å². The van der Waals surface area contributed by atoms with E-state index in [0.717, 1.165) is 12.1 Å². The van der Waals surface area contributed by atoms with Gasteiger partial charge in [-0.2, -0.15) is 0 Å². The average molecular weight is 270 g/mol. The molecule has 0 amide bonds. The Balaban J connectivity index is 1.95. The number of rotatable bonds is 3. The molecule has 0 spiro atoms. The highest BCUT2D eigenvalue weighted by Gasteiger charge is 2.26. The van der Waals surface area contributed by atoms with Crippen LogP contribution in [0, 0.1) is 17.7 Å². The van der Waals surface area contributed by atoms with Crippen LogP contribution in [0.3, 0.4) is 0 Å². The second-order valence-electron chi connectivity index (χ2n) is 5.54. The summed E-state index contributed by atoms with van der Waals surface area (Å²) in [6.45, 7) is 5.38. The molecule has 0 aliphatic heterocycles. The van der Waals surface area contributed by atoms with E-state index in [4.69, 9.17) is 11.6 Å². The highest BCUT2D eigenvalue weighted by Crippen LogP contribution is 2.29. The normalized spacial score (nSPS) is 28.3. The van der Waals surface area contributed by atoms with Gasteiger partial charge < -0.3 is 5.32 Å². The monoisotopic (exact) mass is 269 g/mol. The van der Waals surface area contributed by atoms with Crippen LogP contribution in [0.4, 0.5) is 4.39 Å². The summed E-state index contributed by atoms with van der Waals surface area (Å²) in [5.74, 6) is 1.08. The smallest absolute Gasteiger partial charge is 0.141 e. The van der Waals surface area contributed by atoms with Crippen LogP contribution >= 0.6 is 11.6 Å². The molecule has 2 rings (SSSR count). The average Bonchev–Trinajstić information content (AvgIpc) is 2.33. The van der Waals surface area contributed by atoms with Crippen molar-refractivity contribution in [2.24, 2.45) is 11.8 Å². The van der Waals surface area contributed by atoms with Gasteiger partial charge in [-0.15, -0.1) is 0 Å². The molecule has 1 nitrogen and oxygen atoms in total. The maximum atomic E-state index is 13.1. The molecule has 3 heteroatoms. The molecule has 0 radical (unpaired) electrons. The van der Waals surface area contributed by atoms with Crippen LogP contribution < -0.4 is 5.32 Å². The van der Waals surface area contributed by atoms with Gasteiger partial charge in [0.15, 0.2) is 0 Å². The van der Waals surface area contributed by atoms with Gasteiger partial charge in [-0.3, -0.25) is 0 Å². The fourth-order valence-electron chi connectivity index (χ4n) is 2.97. The Bertz CT molecular complexity index is 397. The highest BCUT2D eigenvalue weighted by molar-refractivity contribution is 6.30. The zero-order valence-corrected chi connectivity index (χ0v) is 11.8. The van der Waals surface area contributed by atoms with Crippen LogP contribution in [-0.2, 0) is 6.54 Å². The molecule has 0 aromatic heterocycles. The number of halogens is 2. The van der Waals surface area contributed by atoms with Crippen molar-refractivity contribution < 1.29 is 4.39 Å². The van der Waals surface area contributed by atoms with Crippen LogP contribution in [0.2, 0.25) is 5.02 Å². The van der Waals surface area contributed by atoms with Crippen LogP contribution in [0.15, 0.2) is 18.2 Å². The number of nitrogens with one attached hydrogen (secondary N) is 1. The summed E-state index contributed by atoms with van der Waals surface area (Å²) in [7, 11) is 0. The maximum Gasteiger partial charge on any atom is 0.141 e. The van der Waals surface area contributed by atoms with Gasteiger partial charge in [-0.1, -0.05) is 37.9 Å². The predicted molar refractivity (Wildman–Crippen MR) is 74.2 cm³/mol. The Kier molecular flexibility index (Phi) is 4.63. The molecule has 1 saturated carbocycles. The lowest BCUT2D eigenvalue weighted by Gasteiger charge is -2.35. The van der Waals surface area contributed by atoms with Gasteiger partial charge >= 0.3 is 0 Å². The van der Waals surface area contributed by atoms with Gasteiger partial charge in [0.05, 0.1) is 5.02 Å². The molecule has 1 N–H and O–H groups in total. The standard InChI is InChI=1S/C15H21ClFN/c1-10-4-3-5-11(2)15(10)18-9-12-6-7-14(17)13(16)8-12/h6-8,10-11,15,18H,3-5,9H2,1-2H3. The van der Waals surface area contributed by atoms with E-state index in [1.807, 2.05) is 0 Å². The van der Waals surface area contributed by atoms with Gasteiger partial charge in [0.25, 0.3) is 0 Å². The first-order valence-electron chi connectivity index (χ1n) is 6.75. The lowest BCUT2D eigenvalue weighted by Crippen LogP contribution is -2.42.